The molecule has 156 valence electrons. The lowest BCUT2D eigenvalue weighted by Crippen LogP contribution is -2.09. The highest BCUT2D eigenvalue weighted by Gasteiger charge is 2.03. The lowest BCUT2D eigenvalue weighted by Gasteiger charge is -2.11. The number of hydrogen-bond acceptors (Lipinski definition) is 1. The molecule has 0 aromatic heterocycles. The van der Waals surface area contributed by atoms with E-state index < -0.39 is 0 Å². The molecule has 2 aromatic carbocycles. The molecule has 0 atom stereocenters. The van der Waals surface area contributed by atoms with Crippen LogP contribution in [0.3, 0.4) is 0 Å². The molecule has 2 nitrogen and oxygen atoms in total. The molecule has 0 spiro atoms. The van der Waals surface area contributed by atoms with Crippen LogP contribution in [-0.4, -0.2) is 38.5 Å². The van der Waals surface area contributed by atoms with Crippen LogP contribution >= 0.6 is 0 Å². The van der Waals surface area contributed by atoms with Gasteiger partial charge in [-0.2, -0.15) is 0 Å². The largest absolute Gasteiger partial charge is 0.378 e. The summed E-state index contributed by atoms with van der Waals surface area (Å²) >= 11 is 0. The zero-order valence-corrected chi connectivity index (χ0v) is 18.9. The second-order valence-electron chi connectivity index (χ2n) is 7.88. The molecule has 0 fully saturated rings. The first-order chi connectivity index (χ1) is 15.0. The number of benzene rings is 2. The van der Waals surface area contributed by atoms with Gasteiger partial charge in [-0.25, -0.2) is 4.58 Å². The molecule has 0 N–H and O–H groups in total. The third-order valence-electron chi connectivity index (χ3n) is 5.02. The molecule has 0 heterocycles. The summed E-state index contributed by atoms with van der Waals surface area (Å²) in [6.07, 6.45) is 21.5. The van der Waals surface area contributed by atoms with Crippen molar-refractivity contribution in [2.45, 2.75) is 0 Å². The van der Waals surface area contributed by atoms with Gasteiger partial charge in [0.1, 0.15) is 14.1 Å². The van der Waals surface area contributed by atoms with Crippen LogP contribution in [0.1, 0.15) is 11.1 Å². The van der Waals surface area contributed by atoms with Crippen LogP contribution in [0.5, 0.6) is 0 Å². The van der Waals surface area contributed by atoms with Crippen LogP contribution in [0.15, 0.2) is 114 Å². The third kappa shape index (κ3) is 6.97. The van der Waals surface area contributed by atoms with E-state index in [4.69, 9.17) is 0 Å². The number of anilines is 1. The summed E-state index contributed by atoms with van der Waals surface area (Å²) in [6.45, 7) is 0. The van der Waals surface area contributed by atoms with E-state index in [1.165, 1.54) is 28.1 Å². The van der Waals surface area contributed by atoms with Crippen molar-refractivity contribution in [1.82, 2.24) is 0 Å². The van der Waals surface area contributed by atoms with Crippen molar-refractivity contribution >= 4 is 23.6 Å². The van der Waals surface area contributed by atoms with E-state index in [-0.39, 0.29) is 0 Å². The molecule has 0 radical (unpaired) electrons. The van der Waals surface area contributed by atoms with E-state index in [0.29, 0.717) is 0 Å². The van der Waals surface area contributed by atoms with E-state index >= 15 is 0 Å². The Bertz CT molecular complexity index is 1070. The molecule has 0 unspecified atom stereocenters. The van der Waals surface area contributed by atoms with E-state index in [1.807, 2.05) is 6.07 Å². The second-order valence-corrected chi connectivity index (χ2v) is 7.88. The standard InChI is InChI=1S/C29H31N2/c1-30(2)28-20-16-26(17-21-28)14-12-25(11-10-24-8-6-5-7-9-24)13-15-27-18-22-29(23-19-27)31(3)4/h5-23H,1-4H3/q+1. The Morgan fingerprint density at radius 3 is 1.87 bits per heavy atom. The summed E-state index contributed by atoms with van der Waals surface area (Å²) in [7, 11) is 8.23. The van der Waals surface area contributed by atoms with Crippen LogP contribution in [0.4, 0.5) is 5.69 Å². The van der Waals surface area contributed by atoms with Gasteiger partial charge >= 0.3 is 0 Å². The quantitative estimate of drug-likeness (QED) is 0.410. The Morgan fingerprint density at radius 1 is 0.742 bits per heavy atom. The highest BCUT2D eigenvalue weighted by Crippen LogP contribution is 2.16. The molecular formula is C29H31N2+. The van der Waals surface area contributed by atoms with Crippen molar-refractivity contribution in [3.63, 3.8) is 0 Å². The van der Waals surface area contributed by atoms with E-state index in [0.717, 1.165) is 5.57 Å². The first kappa shape index (κ1) is 22.0. The van der Waals surface area contributed by atoms with Crippen molar-refractivity contribution in [2.75, 3.05) is 33.1 Å². The Hall–Kier alpha value is -3.65. The van der Waals surface area contributed by atoms with E-state index in [2.05, 4.69) is 147 Å². The Kier molecular flexibility index (Phi) is 7.78. The zero-order chi connectivity index (χ0) is 22.1. The van der Waals surface area contributed by atoms with Crippen LogP contribution in [0.2, 0.25) is 0 Å². The highest BCUT2D eigenvalue weighted by molar-refractivity contribution is 6.02. The summed E-state index contributed by atoms with van der Waals surface area (Å²) in [5.41, 5.74) is 7.09. The first-order valence-electron chi connectivity index (χ1n) is 10.5. The Morgan fingerprint density at radius 2 is 1.32 bits per heavy atom. The summed E-state index contributed by atoms with van der Waals surface area (Å²) in [5.74, 6) is 0. The molecule has 0 aliphatic heterocycles. The second kappa shape index (κ2) is 10.9. The minimum absolute atomic E-state index is 1.14. The molecule has 0 saturated carbocycles. The highest BCUT2D eigenvalue weighted by atomic mass is 15.1. The number of nitrogens with zero attached hydrogens (tertiary/aromatic N) is 2. The molecule has 2 heteroatoms. The minimum Gasteiger partial charge on any atom is -0.378 e. The van der Waals surface area contributed by atoms with Gasteiger partial charge in [0, 0.05) is 31.9 Å². The van der Waals surface area contributed by atoms with Crippen molar-refractivity contribution in [3.8, 4) is 0 Å². The fourth-order valence-electron chi connectivity index (χ4n) is 3.08. The van der Waals surface area contributed by atoms with Gasteiger partial charge in [-0.1, -0.05) is 78.9 Å². The predicted molar refractivity (Wildman–Crippen MR) is 137 cm³/mol. The first-order valence-corrected chi connectivity index (χ1v) is 10.5. The van der Waals surface area contributed by atoms with Crippen molar-refractivity contribution in [2.24, 2.45) is 0 Å². The van der Waals surface area contributed by atoms with Gasteiger partial charge in [0.05, 0.1) is 0 Å². The van der Waals surface area contributed by atoms with E-state index in [9.17, 15) is 0 Å². The van der Waals surface area contributed by atoms with Crippen LogP contribution in [0.25, 0.3) is 12.2 Å². The predicted octanol–water partition coefficient (Wildman–Crippen LogP) is 6.17. The van der Waals surface area contributed by atoms with Gasteiger partial charge in [-0.15, -0.1) is 0 Å². The van der Waals surface area contributed by atoms with Crippen molar-refractivity contribution in [3.05, 3.63) is 125 Å². The van der Waals surface area contributed by atoms with Gasteiger partial charge in [0.25, 0.3) is 0 Å². The fourth-order valence-corrected chi connectivity index (χ4v) is 3.08. The van der Waals surface area contributed by atoms with E-state index in [1.54, 1.807) is 0 Å². The molecule has 0 saturated heterocycles. The maximum atomic E-state index is 2.16. The zero-order valence-electron chi connectivity index (χ0n) is 18.9. The smallest absolute Gasteiger partial charge is 0.199 e. The van der Waals surface area contributed by atoms with Gasteiger partial charge < -0.3 is 4.90 Å². The maximum absolute atomic E-state index is 2.16. The van der Waals surface area contributed by atoms with Crippen LogP contribution in [0, 0.1) is 0 Å². The Balaban J connectivity index is 1.84. The monoisotopic (exact) mass is 407 g/mol. The average molecular weight is 408 g/mol. The molecule has 0 amide bonds. The van der Waals surface area contributed by atoms with Gasteiger partial charge in [0.2, 0.25) is 0 Å². The molecule has 2 aromatic rings. The molecule has 1 aliphatic carbocycles. The summed E-state index contributed by atoms with van der Waals surface area (Å²) in [5, 5.41) is 0. The maximum Gasteiger partial charge on any atom is 0.199 e. The number of hydrogen-bond donors (Lipinski definition) is 0. The molecule has 3 rings (SSSR count). The molecular weight excluding hydrogens is 376 g/mol. The SMILES string of the molecule is CN(C)c1ccc(C=CC(C=Cc2ccccc2)=CC=C2C=CC(=[N+](C)C)C=C2)cc1. The average Bonchev–Trinajstić information content (AvgIpc) is 2.79. The molecule has 0 bridgehead atoms. The normalized spacial score (nSPS) is 14.0. The molecule has 31 heavy (non-hydrogen) atoms. The van der Waals surface area contributed by atoms with Crippen LogP contribution in [-0.2, 0) is 0 Å². The summed E-state index contributed by atoms with van der Waals surface area (Å²) in [6, 6.07) is 19.0. The lowest BCUT2D eigenvalue weighted by molar-refractivity contribution is -0.462. The van der Waals surface area contributed by atoms with Crippen molar-refractivity contribution < 1.29 is 4.58 Å². The van der Waals surface area contributed by atoms with Crippen molar-refractivity contribution in [1.29, 1.82) is 0 Å². The van der Waals surface area contributed by atoms with Gasteiger partial charge in [-0.05, 0) is 46.6 Å². The van der Waals surface area contributed by atoms with Gasteiger partial charge in [-0.3, -0.25) is 0 Å². The topological polar surface area (TPSA) is 6.25 Å². The summed E-state index contributed by atoms with van der Waals surface area (Å²) in [4.78, 5) is 2.11. The molecule has 1 aliphatic rings. The number of allylic oxidation sites excluding steroid dienone is 10. The lowest BCUT2D eigenvalue weighted by atomic mass is 10.1. The minimum atomic E-state index is 1.14. The third-order valence-corrected chi connectivity index (χ3v) is 5.02. The summed E-state index contributed by atoms with van der Waals surface area (Å²) < 4.78 is 2.11. The number of rotatable bonds is 6. The van der Waals surface area contributed by atoms with Gasteiger partial charge in [0.15, 0.2) is 5.71 Å². The fraction of sp³-hybridized carbons (Fsp3) is 0.138. The Labute approximate surface area is 186 Å². The van der Waals surface area contributed by atoms with Crippen LogP contribution < -0.4 is 4.90 Å².